The molecule has 2 fully saturated rings. The van der Waals surface area contributed by atoms with E-state index in [4.69, 9.17) is 0 Å². The Labute approximate surface area is 219 Å². The largest absolute Gasteiger partial charge is 0.378 e. The fourth-order valence-corrected chi connectivity index (χ4v) is 6.79. The van der Waals surface area contributed by atoms with Crippen LogP contribution in [0.3, 0.4) is 0 Å². The maximum atomic E-state index is 14.3. The molecule has 190 valence electrons. The van der Waals surface area contributed by atoms with E-state index in [1.807, 2.05) is 30.3 Å². The van der Waals surface area contributed by atoms with Gasteiger partial charge in [0.05, 0.1) is 18.0 Å². The van der Waals surface area contributed by atoms with Gasteiger partial charge in [-0.15, -0.1) is 0 Å². The van der Waals surface area contributed by atoms with Crippen molar-refractivity contribution in [3.63, 3.8) is 0 Å². The highest BCUT2D eigenvalue weighted by Crippen LogP contribution is 2.52. The summed E-state index contributed by atoms with van der Waals surface area (Å²) in [6.07, 6.45) is 4.70. The summed E-state index contributed by atoms with van der Waals surface area (Å²) >= 11 is 0. The third kappa shape index (κ3) is 4.52. The van der Waals surface area contributed by atoms with Crippen LogP contribution in [-0.2, 0) is 4.79 Å². The van der Waals surface area contributed by atoms with Crippen LogP contribution in [0.4, 0.5) is 5.69 Å². The fourth-order valence-electron chi connectivity index (χ4n) is 6.79. The van der Waals surface area contributed by atoms with Gasteiger partial charge in [-0.25, -0.2) is 0 Å². The van der Waals surface area contributed by atoms with Crippen LogP contribution in [0.2, 0.25) is 0 Å². The number of aryl methyl sites for hydroxylation is 1. The molecule has 37 heavy (non-hydrogen) atoms. The summed E-state index contributed by atoms with van der Waals surface area (Å²) in [6.45, 7) is 2.87. The van der Waals surface area contributed by atoms with E-state index < -0.39 is 0 Å². The minimum Gasteiger partial charge on any atom is -0.378 e. The molecule has 5 nitrogen and oxygen atoms in total. The summed E-state index contributed by atoms with van der Waals surface area (Å²) in [6, 6.07) is 26.6. The quantitative estimate of drug-likeness (QED) is 0.466. The van der Waals surface area contributed by atoms with Crippen molar-refractivity contribution in [3.05, 3.63) is 101 Å². The van der Waals surface area contributed by atoms with E-state index >= 15 is 0 Å². The normalized spacial score (nSPS) is 26.5. The van der Waals surface area contributed by atoms with Gasteiger partial charge in [-0.1, -0.05) is 79.1 Å². The number of carbonyl (C=O) groups excluding carboxylic acids is 2. The molecule has 6 rings (SSSR count). The molecule has 1 saturated carbocycles. The zero-order valence-electron chi connectivity index (χ0n) is 21.4. The maximum absolute atomic E-state index is 14.3. The molecule has 3 aliphatic rings. The predicted molar refractivity (Wildman–Crippen MR) is 146 cm³/mol. The second-order valence-corrected chi connectivity index (χ2v) is 10.9. The van der Waals surface area contributed by atoms with E-state index in [9.17, 15) is 9.59 Å². The van der Waals surface area contributed by atoms with Gasteiger partial charge in [0.2, 0.25) is 5.91 Å². The molecule has 5 atom stereocenters. The molecule has 2 N–H and O–H groups in total. The Morgan fingerprint density at radius 3 is 2.41 bits per heavy atom. The Morgan fingerprint density at radius 1 is 0.892 bits per heavy atom. The van der Waals surface area contributed by atoms with Crippen LogP contribution in [0.15, 0.2) is 78.9 Å². The maximum Gasteiger partial charge on any atom is 0.251 e. The monoisotopic (exact) mass is 493 g/mol. The van der Waals surface area contributed by atoms with Crippen molar-refractivity contribution in [3.8, 4) is 0 Å². The van der Waals surface area contributed by atoms with Gasteiger partial charge in [0.15, 0.2) is 0 Å². The number of nitrogens with one attached hydrogen (secondary N) is 2. The number of carbonyl (C=O) groups is 2. The first-order chi connectivity index (χ1) is 18.1. The average Bonchev–Trinajstić information content (AvgIpc) is 3.39. The molecule has 0 spiro atoms. The van der Waals surface area contributed by atoms with E-state index in [0.29, 0.717) is 11.5 Å². The molecular formula is C32H35N3O2. The van der Waals surface area contributed by atoms with Gasteiger partial charge in [0.25, 0.3) is 5.91 Å². The predicted octanol–water partition coefficient (Wildman–Crippen LogP) is 6.04. The van der Waals surface area contributed by atoms with Crippen molar-refractivity contribution in [2.24, 2.45) is 11.8 Å². The number of nitrogens with zero attached hydrogens (tertiary/aromatic N) is 1. The van der Waals surface area contributed by atoms with Crippen molar-refractivity contribution < 1.29 is 9.59 Å². The topological polar surface area (TPSA) is 61.4 Å². The molecule has 1 aliphatic carbocycles. The summed E-state index contributed by atoms with van der Waals surface area (Å²) in [4.78, 5) is 29.4. The van der Waals surface area contributed by atoms with Crippen LogP contribution in [0.5, 0.6) is 0 Å². The minimum absolute atomic E-state index is 0.0428. The van der Waals surface area contributed by atoms with Crippen LogP contribution < -0.4 is 10.6 Å². The summed E-state index contributed by atoms with van der Waals surface area (Å²) in [5.41, 5.74) is 5.47. The van der Waals surface area contributed by atoms with Crippen molar-refractivity contribution in [2.75, 3.05) is 11.9 Å². The highest BCUT2D eigenvalue weighted by Gasteiger charge is 2.48. The highest BCUT2D eigenvalue weighted by atomic mass is 16.2. The van der Waals surface area contributed by atoms with E-state index in [1.165, 1.54) is 16.7 Å². The number of amides is 2. The molecular weight excluding hydrogens is 458 g/mol. The number of fused-ring (bicyclic) bond motifs is 3. The van der Waals surface area contributed by atoms with Crippen LogP contribution in [0.25, 0.3) is 0 Å². The van der Waals surface area contributed by atoms with Crippen LogP contribution in [0, 0.1) is 18.8 Å². The van der Waals surface area contributed by atoms with Gasteiger partial charge in [0, 0.05) is 29.8 Å². The number of rotatable bonds is 4. The molecule has 0 unspecified atom stereocenters. The lowest BCUT2D eigenvalue weighted by Gasteiger charge is -2.42. The summed E-state index contributed by atoms with van der Waals surface area (Å²) < 4.78 is 0. The van der Waals surface area contributed by atoms with E-state index in [2.05, 4.69) is 71.0 Å². The molecule has 2 amide bonds. The highest BCUT2D eigenvalue weighted by molar-refractivity contribution is 5.95. The Balaban J connectivity index is 1.30. The second-order valence-electron chi connectivity index (χ2n) is 10.9. The number of likely N-dealkylation sites (tertiary alicyclic amines) is 1. The summed E-state index contributed by atoms with van der Waals surface area (Å²) in [5, 5.41) is 7.03. The van der Waals surface area contributed by atoms with Gasteiger partial charge < -0.3 is 15.5 Å². The third-order valence-electron chi connectivity index (χ3n) is 8.59. The van der Waals surface area contributed by atoms with Crippen molar-refractivity contribution in [1.29, 1.82) is 0 Å². The van der Waals surface area contributed by atoms with E-state index in [-0.39, 0.29) is 35.9 Å². The molecule has 0 bridgehead atoms. The second kappa shape index (κ2) is 10.0. The molecule has 2 heterocycles. The molecule has 2 aliphatic heterocycles. The molecule has 1 saturated heterocycles. The van der Waals surface area contributed by atoms with E-state index in [0.717, 1.165) is 44.3 Å². The summed E-state index contributed by atoms with van der Waals surface area (Å²) in [5.74, 6) is 0.239. The SMILES string of the molecule is Cc1ccc2c(c1)[C@@H]1[C@@H](CCN1C(=O)[C@H]1CCCC[C@H]1NC(=O)c1ccccc1)[C@@H](c1ccccc1)N2. The summed E-state index contributed by atoms with van der Waals surface area (Å²) in [7, 11) is 0. The number of anilines is 1. The zero-order valence-corrected chi connectivity index (χ0v) is 21.4. The first-order valence-electron chi connectivity index (χ1n) is 13.7. The van der Waals surface area contributed by atoms with Crippen molar-refractivity contribution in [1.82, 2.24) is 10.2 Å². The first-order valence-corrected chi connectivity index (χ1v) is 13.7. The first kappa shape index (κ1) is 23.8. The van der Waals surface area contributed by atoms with Crippen LogP contribution >= 0.6 is 0 Å². The van der Waals surface area contributed by atoms with Gasteiger partial charge >= 0.3 is 0 Å². The van der Waals surface area contributed by atoms with Gasteiger partial charge in [-0.3, -0.25) is 9.59 Å². The molecule has 0 aromatic heterocycles. The Bertz CT molecular complexity index is 1280. The number of benzene rings is 3. The van der Waals surface area contributed by atoms with E-state index in [1.54, 1.807) is 0 Å². The van der Waals surface area contributed by atoms with Crippen LogP contribution in [-0.4, -0.2) is 29.3 Å². The average molecular weight is 494 g/mol. The number of hydrogen-bond acceptors (Lipinski definition) is 3. The molecule has 0 radical (unpaired) electrons. The lowest BCUT2D eigenvalue weighted by atomic mass is 9.79. The van der Waals surface area contributed by atoms with Gasteiger partial charge in [-0.05, 0) is 55.5 Å². The number of hydrogen-bond donors (Lipinski definition) is 2. The van der Waals surface area contributed by atoms with Gasteiger partial charge in [0.1, 0.15) is 0 Å². The lowest BCUT2D eigenvalue weighted by molar-refractivity contribution is -0.138. The Hall–Kier alpha value is -3.60. The zero-order chi connectivity index (χ0) is 25.4. The fraction of sp³-hybridized carbons (Fsp3) is 0.375. The Kier molecular flexibility index (Phi) is 6.45. The lowest BCUT2D eigenvalue weighted by Crippen LogP contribution is -2.50. The molecule has 5 heteroatoms. The smallest absolute Gasteiger partial charge is 0.251 e. The minimum atomic E-state index is -0.182. The van der Waals surface area contributed by atoms with Gasteiger partial charge in [-0.2, -0.15) is 0 Å². The van der Waals surface area contributed by atoms with Crippen LogP contribution in [0.1, 0.15) is 71.2 Å². The van der Waals surface area contributed by atoms with Crippen molar-refractivity contribution >= 4 is 17.5 Å². The Morgan fingerprint density at radius 2 is 1.62 bits per heavy atom. The molecule has 3 aromatic rings. The van der Waals surface area contributed by atoms with Crippen molar-refractivity contribution in [2.45, 2.75) is 57.2 Å². The third-order valence-corrected chi connectivity index (χ3v) is 8.59. The standard InChI is InChI=1S/C32H35N3O2/c1-21-16-17-28-26(20-21)30-25(29(33-28)22-10-4-2-5-11-22)18-19-35(30)32(37)24-14-8-9-15-27(24)34-31(36)23-12-6-3-7-13-23/h2-7,10-13,16-17,20,24-25,27,29-30,33H,8-9,14-15,18-19H2,1H3,(H,34,36)/t24-,25-,27+,29+,30-/m0/s1. The molecule has 3 aromatic carbocycles.